The van der Waals surface area contributed by atoms with Gasteiger partial charge in [-0.15, -0.1) is 12.4 Å². The van der Waals surface area contributed by atoms with E-state index in [1.807, 2.05) is 19.0 Å². The van der Waals surface area contributed by atoms with E-state index < -0.39 is 0 Å². The second-order valence-corrected chi connectivity index (χ2v) is 5.60. The normalized spacial score (nSPS) is 10.4. The van der Waals surface area contributed by atoms with Crippen LogP contribution in [0.5, 0.6) is 0 Å². The van der Waals surface area contributed by atoms with Crippen molar-refractivity contribution in [2.24, 2.45) is 0 Å². The molecule has 122 valence electrons. The van der Waals surface area contributed by atoms with Crippen LogP contribution in [0.3, 0.4) is 0 Å². The van der Waals surface area contributed by atoms with Gasteiger partial charge < -0.3 is 9.64 Å². The number of carbonyl (C=O) groups is 1. The maximum absolute atomic E-state index is 11.4. The molecule has 0 aliphatic heterocycles. The molecule has 0 aromatic carbocycles. The third-order valence-corrected chi connectivity index (χ3v) is 3.29. The van der Waals surface area contributed by atoms with Crippen molar-refractivity contribution in [1.82, 2.24) is 4.90 Å². The number of ether oxygens (including phenoxy) is 1. The van der Waals surface area contributed by atoms with Crippen LogP contribution in [0.2, 0.25) is 0 Å². The molecule has 0 saturated carbocycles. The van der Waals surface area contributed by atoms with Gasteiger partial charge in [-0.2, -0.15) is 0 Å². The molecule has 0 aromatic heterocycles. The van der Waals surface area contributed by atoms with Gasteiger partial charge in [-0.25, -0.2) is 0 Å². The minimum absolute atomic E-state index is 0. The van der Waals surface area contributed by atoms with Crippen LogP contribution in [0, 0.1) is 0 Å². The maximum atomic E-state index is 11.4. The first-order valence-corrected chi connectivity index (χ1v) is 7.97. The molecular weight excluding hydrogens is 274 g/mol. The molecule has 0 aliphatic carbocycles. The van der Waals surface area contributed by atoms with Crippen molar-refractivity contribution >= 4 is 18.4 Å². The molecule has 0 spiro atoms. The summed E-state index contributed by atoms with van der Waals surface area (Å²) in [7, 11) is 3.96. The lowest BCUT2D eigenvalue weighted by Crippen LogP contribution is -2.20. The minimum Gasteiger partial charge on any atom is -0.464 e. The Kier molecular flexibility index (Phi) is 18.5. The van der Waals surface area contributed by atoms with Crippen LogP contribution in [0.1, 0.15) is 71.1 Å². The van der Waals surface area contributed by atoms with Gasteiger partial charge in [0.2, 0.25) is 0 Å². The molecule has 4 heteroatoms. The summed E-state index contributed by atoms with van der Waals surface area (Å²) < 4.78 is 5.14. The molecule has 0 saturated heterocycles. The van der Waals surface area contributed by atoms with Crippen LogP contribution >= 0.6 is 12.4 Å². The highest BCUT2D eigenvalue weighted by molar-refractivity contribution is 5.85. The molecule has 0 rings (SSSR count). The van der Waals surface area contributed by atoms with Crippen LogP contribution in [0.4, 0.5) is 0 Å². The van der Waals surface area contributed by atoms with Crippen LogP contribution in [-0.2, 0) is 9.53 Å². The number of rotatable bonds is 13. The van der Waals surface area contributed by atoms with Crippen molar-refractivity contribution in [3.05, 3.63) is 0 Å². The number of hydrogen-bond acceptors (Lipinski definition) is 3. The molecule has 0 fully saturated rings. The Labute approximate surface area is 131 Å². The van der Waals surface area contributed by atoms with Gasteiger partial charge in [0.15, 0.2) is 0 Å². The first kappa shape index (κ1) is 22.0. The minimum atomic E-state index is -0.0372. The monoisotopic (exact) mass is 307 g/mol. The summed E-state index contributed by atoms with van der Waals surface area (Å²) in [5.74, 6) is -0.0372. The standard InChI is InChI=1S/C16H33NO2.ClH/c1-4-5-6-7-8-9-10-11-12-13-16(18)19-15-14-17(2)3;/h4-15H2,1-3H3;1H. The third-order valence-electron chi connectivity index (χ3n) is 3.29. The summed E-state index contributed by atoms with van der Waals surface area (Å²) in [4.78, 5) is 13.4. The van der Waals surface area contributed by atoms with E-state index in [1.54, 1.807) is 0 Å². The van der Waals surface area contributed by atoms with E-state index in [1.165, 1.54) is 44.9 Å². The highest BCUT2D eigenvalue weighted by Gasteiger charge is 2.02. The van der Waals surface area contributed by atoms with Crippen LogP contribution in [0.25, 0.3) is 0 Å². The van der Waals surface area contributed by atoms with E-state index >= 15 is 0 Å². The fraction of sp³-hybridized carbons (Fsp3) is 0.938. The van der Waals surface area contributed by atoms with E-state index in [0.29, 0.717) is 13.0 Å². The SMILES string of the molecule is CCCCCCCCCCCC(=O)OCCN(C)C.Cl. The average molecular weight is 308 g/mol. The summed E-state index contributed by atoms with van der Waals surface area (Å²) in [6, 6.07) is 0. The first-order chi connectivity index (χ1) is 9.16. The molecule has 0 radical (unpaired) electrons. The molecule has 3 nitrogen and oxygen atoms in total. The Bertz CT molecular complexity index is 211. The quantitative estimate of drug-likeness (QED) is 0.372. The maximum Gasteiger partial charge on any atom is 0.305 e. The van der Waals surface area contributed by atoms with Crippen molar-refractivity contribution in [1.29, 1.82) is 0 Å². The number of nitrogens with zero attached hydrogens (tertiary/aromatic N) is 1. The number of halogens is 1. The zero-order valence-corrected chi connectivity index (χ0v) is 14.5. The van der Waals surface area contributed by atoms with Crippen molar-refractivity contribution < 1.29 is 9.53 Å². The Morgan fingerprint density at radius 1 is 0.900 bits per heavy atom. The number of likely N-dealkylation sites (N-methyl/N-ethyl adjacent to an activating group) is 1. The Balaban J connectivity index is 0. The fourth-order valence-corrected chi connectivity index (χ4v) is 1.99. The average Bonchev–Trinajstić information content (AvgIpc) is 2.36. The molecule has 0 bridgehead atoms. The van der Waals surface area contributed by atoms with Crippen LogP contribution in [0.15, 0.2) is 0 Å². The van der Waals surface area contributed by atoms with Gasteiger partial charge in [0.25, 0.3) is 0 Å². The smallest absolute Gasteiger partial charge is 0.305 e. The van der Waals surface area contributed by atoms with E-state index in [9.17, 15) is 4.79 Å². The molecule has 0 atom stereocenters. The van der Waals surface area contributed by atoms with Crippen LogP contribution in [-0.4, -0.2) is 38.1 Å². The summed E-state index contributed by atoms with van der Waals surface area (Å²) >= 11 is 0. The molecular formula is C16H34ClNO2. The van der Waals surface area contributed by atoms with Gasteiger partial charge in [0, 0.05) is 13.0 Å². The molecule has 0 unspecified atom stereocenters. The lowest BCUT2D eigenvalue weighted by molar-refractivity contribution is -0.144. The molecule has 20 heavy (non-hydrogen) atoms. The van der Waals surface area contributed by atoms with Gasteiger partial charge in [0.1, 0.15) is 6.61 Å². The Morgan fingerprint density at radius 2 is 1.40 bits per heavy atom. The van der Waals surface area contributed by atoms with Gasteiger partial charge in [0.05, 0.1) is 0 Å². The van der Waals surface area contributed by atoms with Crippen LogP contribution < -0.4 is 0 Å². The van der Waals surface area contributed by atoms with Crippen molar-refractivity contribution in [2.45, 2.75) is 71.1 Å². The van der Waals surface area contributed by atoms with Crippen molar-refractivity contribution in [3.8, 4) is 0 Å². The fourth-order valence-electron chi connectivity index (χ4n) is 1.99. The second kappa shape index (κ2) is 16.8. The van der Waals surface area contributed by atoms with Crippen molar-refractivity contribution in [3.63, 3.8) is 0 Å². The zero-order chi connectivity index (χ0) is 14.3. The lowest BCUT2D eigenvalue weighted by Gasteiger charge is -2.09. The third kappa shape index (κ3) is 17.7. The van der Waals surface area contributed by atoms with Gasteiger partial charge >= 0.3 is 5.97 Å². The Hall–Kier alpha value is -0.280. The number of esters is 1. The lowest BCUT2D eigenvalue weighted by atomic mass is 10.1. The molecule has 0 heterocycles. The van der Waals surface area contributed by atoms with E-state index in [2.05, 4.69) is 6.92 Å². The van der Waals surface area contributed by atoms with Gasteiger partial charge in [-0.3, -0.25) is 4.79 Å². The van der Waals surface area contributed by atoms with E-state index in [4.69, 9.17) is 4.74 Å². The number of hydrogen-bond donors (Lipinski definition) is 0. The summed E-state index contributed by atoms with van der Waals surface area (Å²) in [5, 5.41) is 0. The predicted octanol–water partition coefficient (Wildman–Crippen LogP) is 4.43. The van der Waals surface area contributed by atoms with E-state index in [0.717, 1.165) is 19.4 Å². The van der Waals surface area contributed by atoms with Gasteiger partial charge in [-0.1, -0.05) is 58.3 Å². The summed E-state index contributed by atoms with van der Waals surface area (Å²) in [5.41, 5.74) is 0. The highest BCUT2D eigenvalue weighted by atomic mass is 35.5. The Morgan fingerprint density at radius 3 is 1.90 bits per heavy atom. The molecule has 0 aromatic rings. The molecule has 0 amide bonds. The highest BCUT2D eigenvalue weighted by Crippen LogP contribution is 2.10. The zero-order valence-electron chi connectivity index (χ0n) is 13.7. The topological polar surface area (TPSA) is 29.5 Å². The van der Waals surface area contributed by atoms with E-state index in [-0.39, 0.29) is 18.4 Å². The molecule has 0 N–H and O–H groups in total. The van der Waals surface area contributed by atoms with Gasteiger partial charge in [-0.05, 0) is 20.5 Å². The number of carbonyl (C=O) groups excluding carboxylic acids is 1. The first-order valence-electron chi connectivity index (χ1n) is 7.97. The predicted molar refractivity (Wildman–Crippen MR) is 88.6 cm³/mol. The summed E-state index contributed by atoms with van der Waals surface area (Å²) in [6.07, 6.45) is 12.1. The summed E-state index contributed by atoms with van der Waals surface area (Å²) in [6.45, 7) is 3.57. The largest absolute Gasteiger partial charge is 0.464 e. The number of unbranched alkanes of at least 4 members (excludes halogenated alkanes) is 8. The second-order valence-electron chi connectivity index (χ2n) is 5.60. The molecule has 0 aliphatic rings. The van der Waals surface area contributed by atoms with Crippen molar-refractivity contribution in [2.75, 3.05) is 27.2 Å².